The third-order valence-corrected chi connectivity index (χ3v) is 3.94. The fourth-order valence-corrected chi connectivity index (χ4v) is 2.63. The van der Waals surface area contributed by atoms with E-state index in [1.54, 1.807) is 23.5 Å². The summed E-state index contributed by atoms with van der Waals surface area (Å²) in [6, 6.07) is 7.22. The van der Waals surface area contributed by atoms with Gasteiger partial charge in [-0.3, -0.25) is 0 Å². The van der Waals surface area contributed by atoms with E-state index in [-0.39, 0.29) is 6.61 Å². The summed E-state index contributed by atoms with van der Waals surface area (Å²) in [5, 5.41) is 10.7. The van der Waals surface area contributed by atoms with Crippen molar-refractivity contribution in [1.29, 1.82) is 0 Å². The Morgan fingerprint density at radius 1 is 1.33 bits per heavy atom. The first-order chi connectivity index (χ1) is 8.72. The summed E-state index contributed by atoms with van der Waals surface area (Å²) in [6.07, 6.45) is 0.883. The molecule has 18 heavy (non-hydrogen) atoms. The normalized spacial score (nSPS) is 10.6. The van der Waals surface area contributed by atoms with Gasteiger partial charge in [0.25, 0.3) is 0 Å². The van der Waals surface area contributed by atoms with Crippen molar-refractivity contribution < 1.29 is 9.84 Å². The molecule has 0 aliphatic rings. The summed E-state index contributed by atoms with van der Waals surface area (Å²) in [5.74, 6) is 0.762. The number of aromatic nitrogens is 1. The van der Waals surface area contributed by atoms with Crippen molar-refractivity contribution >= 4 is 22.9 Å². The van der Waals surface area contributed by atoms with Crippen LogP contribution in [-0.4, -0.2) is 10.1 Å². The number of rotatable bonds is 5. The molecule has 0 bridgehead atoms. The van der Waals surface area contributed by atoms with Crippen LogP contribution in [0.25, 0.3) is 0 Å². The second-order valence-corrected chi connectivity index (χ2v) is 5.34. The number of ether oxygens (including phenoxy) is 1. The van der Waals surface area contributed by atoms with Gasteiger partial charge in [-0.2, -0.15) is 0 Å². The first-order valence-corrected chi connectivity index (χ1v) is 6.89. The van der Waals surface area contributed by atoms with Crippen molar-refractivity contribution in [2.24, 2.45) is 0 Å². The second-order valence-electron chi connectivity index (χ2n) is 3.73. The number of halogens is 1. The summed E-state index contributed by atoms with van der Waals surface area (Å²) in [6.45, 7) is 2.45. The predicted octanol–water partition coefficient (Wildman–Crippen LogP) is 3.43. The van der Waals surface area contributed by atoms with Gasteiger partial charge in [0.15, 0.2) is 0 Å². The first kappa shape index (κ1) is 13.3. The molecule has 0 radical (unpaired) electrons. The molecule has 5 heteroatoms. The molecule has 1 aromatic heterocycles. The predicted molar refractivity (Wildman–Crippen MR) is 73.2 cm³/mol. The van der Waals surface area contributed by atoms with Crippen molar-refractivity contribution in [3.63, 3.8) is 0 Å². The van der Waals surface area contributed by atoms with Gasteiger partial charge in [-0.15, -0.1) is 11.3 Å². The average molecular weight is 284 g/mol. The quantitative estimate of drug-likeness (QED) is 0.914. The minimum atomic E-state index is -0.0133. The van der Waals surface area contributed by atoms with E-state index >= 15 is 0 Å². The van der Waals surface area contributed by atoms with Crippen molar-refractivity contribution in [1.82, 2.24) is 4.98 Å². The molecule has 96 valence electrons. The van der Waals surface area contributed by atoms with E-state index < -0.39 is 0 Å². The minimum Gasteiger partial charge on any atom is -0.486 e. The van der Waals surface area contributed by atoms with Gasteiger partial charge in [0.05, 0.1) is 12.3 Å². The Morgan fingerprint density at radius 3 is 2.61 bits per heavy atom. The van der Waals surface area contributed by atoms with Crippen LogP contribution in [-0.2, 0) is 19.6 Å². The molecule has 1 N–H and O–H groups in total. The topological polar surface area (TPSA) is 42.4 Å². The number of aryl methyl sites for hydroxylation is 1. The lowest BCUT2D eigenvalue weighted by Crippen LogP contribution is -1.95. The Hall–Kier alpha value is -1.10. The highest BCUT2D eigenvalue weighted by Crippen LogP contribution is 2.22. The Balaban J connectivity index is 2.01. The summed E-state index contributed by atoms with van der Waals surface area (Å²) >= 11 is 7.38. The van der Waals surface area contributed by atoms with Crippen molar-refractivity contribution in [3.8, 4) is 5.75 Å². The number of thiazole rings is 1. The molecular formula is C13H14ClNO2S. The molecule has 0 atom stereocenters. The van der Waals surface area contributed by atoms with Crippen molar-refractivity contribution in [2.75, 3.05) is 0 Å². The van der Waals surface area contributed by atoms with Crippen molar-refractivity contribution in [3.05, 3.63) is 44.9 Å². The molecule has 0 aliphatic carbocycles. The molecule has 0 unspecified atom stereocenters. The van der Waals surface area contributed by atoms with Gasteiger partial charge in [-0.1, -0.05) is 18.5 Å². The number of benzene rings is 1. The van der Waals surface area contributed by atoms with E-state index in [2.05, 4.69) is 11.9 Å². The number of nitrogens with zero attached hydrogens (tertiary/aromatic N) is 1. The lowest BCUT2D eigenvalue weighted by atomic mass is 10.3. The molecule has 1 heterocycles. The summed E-state index contributed by atoms with van der Waals surface area (Å²) in [4.78, 5) is 5.47. The maximum Gasteiger partial charge on any atom is 0.140 e. The van der Waals surface area contributed by atoms with Crippen LogP contribution in [0.2, 0.25) is 5.02 Å². The molecule has 0 spiro atoms. The van der Waals surface area contributed by atoms with Gasteiger partial charge in [-0.05, 0) is 30.7 Å². The molecule has 2 aromatic rings. The zero-order chi connectivity index (χ0) is 13.0. The van der Waals surface area contributed by atoms with E-state index in [0.717, 1.165) is 27.7 Å². The van der Waals surface area contributed by atoms with Crippen LogP contribution >= 0.6 is 22.9 Å². The molecule has 0 saturated heterocycles. The number of hydrogen-bond donors (Lipinski definition) is 1. The van der Waals surface area contributed by atoms with Crippen LogP contribution in [0.4, 0.5) is 0 Å². The van der Waals surface area contributed by atoms with Gasteiger partial charge in [0, 0.05) is 9.90 Å². The monoisotopic (exact) mass is 283 g/mol. The van der Waals surface area contributed by atoms with E-state index in [9.17, 15) is 0 Å². The standard InChI is InChI=1S/C13H14ClNO2S/c1-2-12-11(7-16)15-13(18-12)8-17-10-5-3-9(14)4-6-10/h3-6,16H,2,7-8H2,1H3. The minimum absolute atomic E-state index is 0.0133. The van der Waals surface area contributed by atoms with E-state index in [1.807, 2.05) is 12.1 Å². The molecular weight excluding hydrogens is 270 g/mol. The molecule has 1 aromatic carbocycles. The molecule has 3 nitrogen and oxygen atoms in total. The Kier molecular flexibility index (Phi) is 4.58. The van der Waals surface area contributed by atoms with Gasteiger partial charge >= 0.3 is 0 Å². The summed E-state index contributed by atoms with van der Waals surface area (Å²) in [7, 11) is 0. The lowest BCUT2D eigenvalue weighted by Gasteiger charge is -2.03. The Morgan fingerprint density at radius 2 is 2.06 bits per heavy atom. The lowest BCUT2D eigenvalue weighted by molar-refractivity contribution is 0.274. The van der Waals surface area contributed by atoms with E-state index in [0.29, 0.717) is 11.6 Å². The van der Waals surface area contributed by atoms with Crippen LogP contribution in [0, 0.1) is 0 Å². The highest BCUT2D eigenvalue weighted by atomic mass is 35.5. The molecule has 0 amide bonds. The SMILES string of the molecule is CCc1sc(COc2ccc(Cl)cc2)nc1CO. The Labute approximate surface area is 115 Å². The van der Waals surface area contributed by atoms with Crippen LogP contribution in [0.3, 0.4) is 0 Å². The van der Waals surface area contributed by atoms with Gasteiger partial charge in [0.1, 0.15) is 17.4 Å². The highest BCUT2D eigenvalue weighted by Gasteiger charge is 2.09. The number of aliphatic hydroxyl groups excluding tert-OH is 1. The molecule has 0 aliphatic heterocycles. The smallest absolute Gasteiger partial charge is 0.140 e. The highest BCUT2D eigenvalue weighted by molar-refractivity contribution is 7.11. The molecule has 0 fully saturated rings. The van der Waals surface area contributed by atoms with E-state index in [4.69, 9.17) is 21.4 Å². The number of hydrogen-bond acceptors (Lipinski definition) is 4. The maximum absolute atomic E-state index is 9.17. The van der Waals surface area contributed by atoms with Gasteiger partial charge in [0.2, 0.25) is 0 Å². The Bertz CT molecular complexity index is 489. The molecule has 2 rings (SSSR count). The van der Waals surface area contributed by atoms with Crippen molar-refractivity contribution in [2.45, 2.75) is 26.6 Å². The largest absolute Gasteiger partial charge is 0.486 e. The maximum atomic E-state index is 9.17. The average Bonchev–Trinajstić information content (AvgIpc) is 2.80. The van der Waals surface area contributed by atoms with Crippen LogP contribution < -0.4 is 4.74 Å². The van der Waals surface area contributed by atoms with Crippen LogP contribution in [0.1, 0.15) is 22.5 Å². The summed E-state index contributed by atoms with van der Waals surface area (Å²) < 4.78 is 5.61. The fourth-order valence-electron chi connectivity index (χ4n) is 1.57. The zero-order valence-electron chi connectivity index (χ0n) is 10.0. The van der Waals surface area contributed by atoms with Crippen LogP contribution in [0.15, 0.2) is 24.3 Å². The zero-order valence-corrected chi connectivity index (χ0v) is 11.6. The second kappa shape index (κ2) is 6.18. The first-order valence-electron chi connectivity index (χ1n) is 5.69. The van der Waals surface area contributed by atoms with E-state index in [1.165, 1.54) is 0 Å². The number of aliphatic hydroxyl groups is 1. The van der Waals surface area contributed by atoms with Gasteiger partial charge in [-0.25, -0.2) is 4.98 Å². The van der Waals surface area contributed by atoms with Crippen LogP contribution in [0.5, 0.6) is 5.75 Å². The van der Waals surface area contributed by atoms with Gasteiger partial charge < -0.3 is 9.84 Å². The fraction of sp³-hybridized carbons (Fsp3) is 0.308. The summed E-state index contributed by atoms with van der Waals surface area (Å²) in [5.41, 5.74) is 0.761. The third kappa shape index (κ3) is 3.22. The molecule has 0 saturated carbocycles. The third-order valence-electron chi connectivity index (χ3n) is 2.47.